The minimum Gasteiger partial charge on any atom is -0.477 e. The Hall–Kier alpha value is -6.46. The number of carboxylic acids is 1. The third-order valence-corrected chi connectivity index (χ3v) is 11.8. The molecule has 0 atom stereocenters. The fourth-order valence-corrected chi connectivity index (χ4v) is 8.62. The Bertz CT molecular complexity index is 2420. The molecule has 6 aromatic rings. The first-order chi connectivity index (χ1) is 29.4. The van der Waals surface area contributed by atoms with Gasteiger partial charge >= 0.3 is 17.9 Å². The van der Waals surface area contributed by atoms with E-state index in [0.717, 1.165) is 59.0 Å². The number of aromatic nitrogens is 4. The summed E-state index contributed by atoms with van der Waals surface area (Å²) < 4.78 is 12.9. The minimum atomic E-state index is -0.895. The maximum absolute atomic E-state index is 12.9. The lowest BCUT2D eigenvalue weighted by Crippen LogP contribution is -2.18. The summed E-state index contributed by atoms with van der Waals surface area (Å²) in [7, 11) is 2.68. The Labute approximate surface area is 362 Å². The van der Waals surface area contributed by atoms with Crippen molar-refractivity contribution in [3.8, 4) is 0 Å². The zero-order chi connectivity index (χ0) is 43.5. The number of carbonyl (C=O) groups is 4. The molecule has 320 valence electrons. The average Bonchev–Trinajstić information content (AvgIpc) is 4.12. The van der Waals surface area contributed by atoms with Crippen molar-refractivity contribution in [1.82, 2.24) is 19.1 Å². The number of thiazole rings is 2. The quantitative estimate of drug-likeness (QED) is 0.0857. The summed E-state index contributed by atoms with van der Waals surface area (Å²) in [5, 5.41) is 18.3. The number of ether oxygens (including phenoxy) is 2. The molecule has 0 spiro atoms. The van der Waals surface area contributed by atoms with Gasteiger partial charge < -0.3 is 44.6 Å². The molecule has 0 saturated carbocycles. The van der Waals surface area contributed by atoms with Crippen molar-refractivity contribution in [2.24, 2.45) is 0 Å². The average molecular weight is 867 g/mol. The van der Waals surface area contributed by atoms with Crippen molar-refractivity contribution in [2.75, 3.05) is 61.2 Å². The first-order valence-electron chi connectivity index (χ1n) is 19.8. The van der Waals surface area contributed by atoms with E-state index in [1.807, 2.05) is 42.3 Å². The maximum Gasteiger partial charge on any atom is 0.352 e. The van der Waals surface area contributed by atoms with Gasteiger partial charge in [-0.05, 0) is 111 Å². The number of carbonyl (C=O) groups excluding carboxylic acids is 3. The molecule has 2 saturated heterocycles. The Morgan fingerprint density at radius 1 is 0.689 bits per heavy atom. The number of carboxylic acid groups (broad SMARTS) is 1. The van der Waals surface area contributed by atoms with Gasteiger partial charge in [0.1, 0.15) is 11.4 Å². The molecule has 6 heterocycles. The maximum atomic E-state index is 12.9. The number of benzene rings is 2. The standard InChI is InChI=1S/C22H24N4O3S.C14H17N3O2S.C8H9NO2/c1-15-11-19(20(27)23-17-7-5-16(6-8-17)21(28)29-2)26(12-15)13-18-14-30-22(24-18)25-9-3-4-10-25;1-10-6-12(13(18)19)17(7-10)8-11-9-20-14(15-11)16-4-2-3-5-16;1-11-8(10)6-2-4-7(9)5-3-6/h5-8,11-12,14H,3-4,9-10,13H2,1-2H3,(H,23,27);6-7,9H,2-5,8H2,1H3,(H,18,19);2-5H,9H2,1H3. The summed E-state index contributed by atoms with van der Waals surface area (Å²) in [5.41, 5.74) is 12.4. The number of nitrogens with one attached hydrogen (secondary N) is 1. The molecule has 2 aliphatic rings. The molecule has 4 aromatic heterocycles. The third kappa shape index (κ3) is 11.9. The number of methoxy groups -OCH3 is 2. The van der Waals surface area contributed by atoms with Crippen molar-refractivity contribution >= 4 is 68.1 Å². The highest BCUT2D eigenvalue weighted by Crippen LogP contribution is 2.27. The van der Waals surface area contributed by atoms with E-state index >= 15 is 0 Å². The largest absolute Gasteiger partial charge is 0.477 e. The molecule has 2 fully saturated rings. The van der Waals surface area contributed by atoms with Crippen LogP contribution in [0.1, 0.15) is 89.9 Å². The second kappa shape index (κ2) is 20.7. The van der Waals surface area contributed by atoms with E-state index in [2.05, 4.69) is 30.2 Å². The number of amides is 1. The summed E-state index contributed by atoms with van der Waals surface area (Å²) in [6.45, 7) is 9.22. The molecule has 1 amide bonds. The van der Waals surface area contributed by atoms with Crippen LogP contribution in [0.25, 0.3) is 0 Å². The first kappa shape index (κ1) is 44.1. The SMILES string of the molecule is COC(=O)c1ccc(N)cc1.COC(=O)c1ccc(NC(=O)c2cc(C)cn2Cc2csc(N3CCCC3)n2)cc1.Cc1cc(C(=O)O)n(Cc2csc(N3CCCC3)n2)c1. The van der Waals surface area contributed by atoms with Gasteiger partial charge in [0.2, 0.25) is 0 Å². The van der Waals surface area contributed by atoms with Crippen LogP contribution in [0.5, 0.6) is 0 Å². The van der Waals surface area contributed by atoms with Gasteiger partial charge in [-0.25, -0.2) is 24.4 Å². The van der Waals surface area contributed by atoms with Crippen molar-refractivity contribution in [2.45, 2.75) is 52.6 Å². The minimum absolute atomic E-state index is 0.205. The molecule has 17 heteroatoms. The zero-order valence-electron chi connectivity index (χ0n) is 34.6. The van der Waals surface area contributed by atoms with Gasteiger partial charge in [-0.15, -0.1) is 22.7 Å². The number of rotatable bonds is 11. The van der Waals surface area contributed by atoms with Crippen LogP contribution in [0.2, 0.25) is 0 Å². The molecule has 0 bridgehead atoms. The lowest BCUT2D eigenvalue weighted by Gasteiger charge is -2.12. The van der Waals surface area contributed by atoms with Crippen LogP contribution in [0, 0.1) is 13.8 Å². The number of aryl methyl sites for hydroxylation is 2. The van der Waals surface area contributed by atoms with Crippen LogP contribution in [0.3, 0.4) is 0 Å². The second-order valence-electron chi connectivity index (χ2n) is 14.6. The van der Waals surface area contributed by atoms with Gasteiger partial charge in [0, 0.05) is 60.7 Å². The summed E-state index contributed by atoms with van der Waals surface area (Å²) >= 11 is 3.30. The summed E-state index contributed by atoms with van der Waals surface area (Å²) in [6, 6.07) is 16.8. The number of esters is 2. The molecule has 0 unspecified atom stereocenters. The van der Waals surface area contributed by atoms with Crippen LogP contribution >= 0.6 is 22.7 Å². The van der Waals surface area contributed by atoms with Crippen LogP contribution in [0.4, 0.5) is 21.6 Å². The summed E-state index contributed by atoms with van der Waals surface area (Å²) in [6.07, 6.45) is 8.72. The molecule has 2 aromatic carbocycles. The van der Waals surface area contributed by atoms with Gasteiger partial charge in [-0.1, -0.05) is 0 Å². The highest BCUT2D eigenvalue weighted by Gasteiger charge is 2.19. The van der Waals surface area contributed by atoms with Gasteiger partial charge in [-0.2, -0.15) is 0 Å². The number of nitrogens with two attached hydrogens (primary N) is 1. The smallest absolute Gasteiger partial charge is 0.352 e. The van der Waals surface area contributed by atoms with Crippen molar-refractivity contribution in [3.63, 3.8) is 0 Å². The van der Waals surface area contributed by atoms with Crippen molar-refractivity contribution < 1.29 is 33.8 Å². The van der Waals surface area contributed by atoms with Crippen LogP contribution in [-0.2, 0) is 22.6 Å². The Morgan fingerprint density at radius 3 is 1.56 bits per heavy atom. The molecule has 0 aliphatic carbocycles. The van der Waals surface area contributed by atoms with Crippen LogP contribution < -0.4 is 20.9 Å². The monoisotopic (exact) mass is 866 g/mol. The Morgan fingerprint density at radius 2 is 1.11 bits per heavy atom. The van der Waals surface area contributed by atoms with Crippen molar-refractivity contribution in [3.05, 3.63) is 129 Å². The topological polar surface area (TPSA) is 187 Å². The molecule has 8 rings (SSSR count). The fraction of sp³-hybridized carbons (Fsp3) is 0.318. The Balaban J connectivity index is 0.000000172. The normalized spacial score (nSPS) is 13.2. The van der Waals surface area contributed by atoms with Gasteiger partial charge in [0.15, 0.2) is 10.3 Å². The van der Waals surface area contributed by atoms with E-state index in [9.17, 15) is 24.3 Å². The Kier molecular flexibility index (Phi) is 15.0. The van der Waals surface area contributed by atoms with Crippen LogP contribution in [0.15, 0.2) is 83.8 Å². The second-order valence-corrected chi connectivity index (χ2v) is 16.3. The number of hydrogen-bond donors (Lipinski definition) is 3. The third-order valence-electron chi connectivity index (χ3n) is 9.91. The molecule has 0 radical (unpaired) electrons. The summed E-state index contributed by atoms with van der Waals surface area (Å²) in [5.74, 6) is -1.85. The molecule has 15 nitrogen and oxygen atoms in total. The predicted octanol–water partition coefficient (Wildman–Crippen LogP) is 7.60. The van der Waals surface area contributed by atoms with E-state index in [4.69, 9.17) is 15.5 Å². The lowest BCUT2D eigenvalue weighted by molar-refractivity contribution is 0.0592. The summed E-state index contributed by atoms with van der Waals surface area (Å²) in [4.78, 5) is 60.5. The zero-order valence-corrected chi connectivity index (χ0v) is 36.3. The van der Waals surface area contributed by atoms with Gasteiger partial charge in [-0.3, -0.25) is 4.79 Å². The number of hydrogen-bond acceptors (Lipinski definition) is 13. The lowest BCUT2D eigenvalue weighted by atomic mass is 10.2. The molecule has 2 aliphatic heterocycles. The van der Waals surface area contributed by atoms with Crippen LogP contribution in [-0.4, -0.2) is 88.4 Å². The number of aromatic carboxylic acids is 1. The van der Waals surface area contributed by atoms with Gasteiger partial charge in [0.25, 0.3) is 5.91 Å². The van der Waals surface area contributed by atoms with Gasteiger partial charge in [0.05, 0.1) is 49.8 Å². The van der Waals surface area contributed by atoms with E-state index < -0.39 is 11.9 Å². The van der Waals surface area contributed by atoms with E-state index in [0.29, 0.717) is 47.0 Å². The number of nitrogens with zero attached hydrogens (tertiary/aromatic N) is 6. The van der Waals surface area contributed by atoms with E-state index in [-0.39, 0.29) is 11.9 Å². The molecular weight excluding hydrogens is 817 g/mol. The van der Waals surface area contributed by atoms with Crippen molar-refractivity contribution in [1.29, 1.82) is 0 Å². The van der Waals surface area contributed by atoms with E-state index in [1.165, 1.54) is 39.9 Å². The fourth-order valence-electron chi connectivity index (χ4n) is 6.88. The molecular formula is C44H50N8O7S2. The van der Waals surface area contributed by atoms with E-state index in [1.54, 1.807) is 81.8 Å². The molecule has 4 N–H and O–H groups in total. The predicted molar refractivity (Wildman–Crippen MR) is 239 cm³/mol. The first-order valence-corrected chi connectivity index (χ1v) is 21.6. The number of anilines is 4. The molecule has 61 heavy (non-hydrogen) atoms. The highest BCUT2D eigenvalue weighted by molar-refractivity contribution is 7.14. The highest BCUT2D eigenvalue weighted by atomic mass is 32.1. The number of nitrogen functional groups attached to an aromatic ring is 1.